The Morgan fingerprint density at radius 2 is 0.857 bits per heavy atom. The van der Waals surface area contributed by atoms with Crippen LogP contribution in [0.2, 0.25) is 0 Å². The van der Waals surface area contributed by atoms with Crippen molar-refractivity contribution in [2.45, 2.75) is 294 Å². The van der Waals surface area contributed by atoms with Gasteiger partial charge in [0.05, 0.1) is 44.8 Å². The molecule has 19 atom stereocenters. The molecule has 820 valence electrons. The molecule has 55 heteroatoms. The fraction of sp³-hybridized carbons (Fsp3) is 0.674. The van der Waals surface area contributed by atoms with Crippen LogP contribution in [0.5, 0.6) is 5.75 Å². The van der Waals surface area contributed by atoms with Gasteiger partial charge in [-0.25, -0.2) is 4.79 Å². The normalized spacial score (nSPS) is 18.5. The zero-order chi connectivity index (χ0) is 110. The second-order valence-corrected chi connectivity index (χ2v) is 39.4. The van der Waals surface area contributed by atoms with Crippen molar-refractivity contribution in [3.63, 3.8) is 0 Å². The first kappa shape index (κ1) is 124. The van der Waals surface area contributed by atoms with Crippen molar-refractivity contribution in [1.82, 2.24) is 110 Å². The molecule has 1 aromatic rings. The first-order valence-corrected chi connectivity index (χ1v) is 50.9. The van der Waals surface area contributed by atoms with Gasteiger partial charge in [0.2, 0.25) is 124 Å². The van der Waals surface area contributed by atoms with E-state index in [9.17, 15) is 136 Å². The number of rotatable bonds is 59. The van der Waals surface area contributed by atoms with E-state index in [0.29, 0.717) is 56.4 Å². The minimum atomic E-state index is -1.88. The Labute approximate surface area is 860 Å². The number of benzene rings is 1. The number of aliphatic hydroxyl groups excluding tert-OH is 2. The molecule has 0 radical (unpaired) electrons. The summed E-state index contributed by atoms with van der Waals surface area (Å²) in [7, 11) is 0. The maximum absolute atomic E-state index is 14.6. The average Bonchev–Trinajstić information content (AvgIpc) is 1.66. The van der Waals surface area contributed by atoms with Gasteiger partial charge in [0.15, 0.2) is 5.96 Å². The third kappa shape index (κ3) is 39.4. The maximum atomic E-state index is 14.6. The smallest absolute Gasteiger partial charge is 0.326 e. The number of guanidine groups is 1. The van der Waals surface area contributed by atoms with Gasteiger partial charge in [-0.1, -0.05) is 67.5 Å². The Balaban J connectivity index is 1.14. The number of likely N-dealkylation sites (tertiary alicyclic amines) is 4. The van der Waals surface area contributed by atoms with Crippen molar-refractivity contribution < 1.29 is 136 Å². The Kier molecular flexibility index (Phi) is 51.3. The molecule has 53 nitrogen and oxygen atoms in total. The molecule has 0 spiro atoms. The SMILES string of the molecule is CSCC[C@H](N)C(=O)N1CCC[C@H]1C(=O)N1CCC[C@H]1C(=O)NCC(=O)N[C@@H](CCCNC(=N)N)C(=O)NCC(=O)N[C@@H](CCC(=O)O)C(=O)N[C@@H](C)C(=O)N[C@H](C(=O)NCC(=O)N[C@H](C(=O)N[C@H](C(=O)N[C@@H](CS)C(=O)N[C@@H](CC(C)C)C(=O)N[C@@H](CO)C(=O)N[C@@H](C)C(=O)N[C@@H](CC(N)=O)C(=O)N[C@H](C(=O)N[C@@H](Cc1ccc(O)cc1)C(=O)N1CCC[C@H]1C(=O)N1CCC[C@H]1C(=O)O)C(C)C)[C@@H](C)O)C(C)C)C(C)C. The van der Waals surface area contributed by atoms with Crippen LogP contribution in [-0.2, 0) is 117 Å². The molecule has 0 unspecified atom stereocenters. The van der Waals surface area contributed by atoms with Crippen molar-refractivity contribution in [3.05, 3.63) is 29.8 Å². The molecule has 0 aromatic heterocycles. The number of nitrogens with zero attached hydrogens (tertiary/aromatic N) is 4. The van der Waals surface area contributed by atoms with Gasteiger partial charge in [-0.3, -0.25) is 111 Å². The van der Waals surface area contributed by atoms with Gasteiger partial charge in [-0.2, -0.15) is 24.4 Å². The number of carbonyl (C=O) groups excluding carboxylic acids is 21. The second kappa shape index (κ2) is 60.7. The lowest BCUT2D eigenvalue weighted by Crippen LogP contribution is -2.62. The van der Waals surface area contributed by atoms with Gasteiger partial charge < -0.3 is 153 Å². The molecule has 4 saturated heterocycles. The van der Waals surface area contributed by atoms with Crippen molar-refractivity contribution in [3.8, 4) is 5.75 Å². The number of carboxylic acids is 2. The van der Waals surface area contributed by atoms with Gasteiger partial charge in [-0.15, -0.1) is 0 Å². The van der Waals surface area contributed by atoms with Crippen LogP contribution in [0.15, 0.2) is 24.3 Å². The Bertz CT molecular complexity index is 4840. The molecular formula is C92H147N25O28S2. The monoisotopic (exact) mass is 2110 g/mol. The van der Waals surface area contributed by atoms with Crippen LogP contribution >= 0.6 is 24.4 Å². The molecule has 1 aromatic carbocycles. The molecule has 4 heterocycles. The number of thiol groups is 1. The van der Waals surface area contributed by atoms with E-state index in [1.165, 1.54) is 104 Å². The van der Waals surface area contributed by atoms with Crippen LogP contribution in [0, 0.1) is 29.1 Å². The minimum Gasteiger partial charge on any atom is -0.508 e. The minimum absolute atomic E-state index is 0.0516. The van der Waals surface area contributed by atoms with Gasteiger partial charge >= 0.3 is 11.9 Å². The van der Waals surface area contributed by atoms with E-state index in [-0.39, 0.29) is 82.8 Å². The number of hydrogen-bond acceptors (Lipinski definition) is 30. The predicted octanol–water partition coefficient (Wildman–Crippen LogP) is -8.93. The molecule has 4 fully saturated rings. The highest BCUT2D eigenvalue weighted by molar-refractivity contribution is 7.98. The maximum Gasteiger partial charge on any atom is 0.326 e. The van der Waals surface area contributed by atoms with Crippen LogP contribution in [0.3, 0.4) is 0 Å². The zero-order valence-electron chi connectivity index (χ0n) is 84.7. The molecule has 4 aliphatic rings. The standard InChI is InChI=1S/C92H147N25O28S2/c1-44(2)36-56(78(131)108-59(42-118)80(133)102-48(9)74(127)105-57(38-65(94)121)79(132)112-72(47(7)8)84(137)107-58(37-51-23-25-52(120)26-24-51)88(141)116-33-16-21-63(116)90(143)117-34-17-22-64(117)91(144)145)106-81(134)60(43-146)109-86(139)73(50(11)119)113-85(138)71(46(5)6)110-68(124)41-100-83(136)70(45(3)4)111-75(128)49(10)101-77(130)55(27-28-69(125)126)104-66(122)39-98-76(129)54(18-13-30-97-92(95)96)103-67(123)40-99-82(135)61-19-14-31-114(61)89(142)62-20-15-32-115(62)87(140)53(93)29-35-147-12/h23-26,44-50,53-64,70-73,118-120,146H,13-22,27-43,93H2,1-12H3,(H2,94,121)(H,98,129)(H,99,135)(H,100,136)(H,101,130)(H,102,133)(H,103,123)(H,104,122)(H,105,127)(H,106,134)(H,107,137)(H,108,131)(H,109,139)(H,110,124)(H,111,128)(H,112,132)(H,113,138)(H,125,126)(H,144,145)(H4,95,96,97)/t48-,49-,50+,53-,54-,55-,56-,57-,58-,59-,60-,61-,62-,63-,64-,70-,71-,72-,73-/m0/s1. The zero-order valence-corrected chi connectivity index (χ0v) is 86.4. The number of carboxylic acid groups (broad SMARTS) is 2. The number of primary amides is 1. The quantitative estimate of drug-likeness (QED) is 0.0125. The lowest BCUT2D eigenvalue weighted by molar-refractivity contribution is -0.152. The van der Waals surface area contributed by atoms with Crippen molar-refractivity contribution in [2.24, 2.45) is 40.9 Å². The summed E-state index contributed by atoms with van der Waals surface area (Å²) in [6, 6.07) is -20.0. The van der Waals surface area contributed by atoms with E-state index < -0.39 is 326 Å². The first-order chi connectivity index (χ1) is 69.1. The summed E-state index contributed by atoms with van der Waals surface area (Å²) in [5.41, 5.74) is 17.6. The molecular weight excluding hydrogens is 1970 g/mol. The number of phenolic OH excluding ortho intramolecular Hbond substituents is 1. The fourth-order valence-corrected chi connectivity index (χ4v) is 17.5. The molecule has 4 aliphatic heterocycles. The summed E-state index contributed by atoms with van der Waals surface area (Å²) in [6.45, 7) is 13.0. The van der Waals surface area contributed by atoms with Gasteiger partial charge in [0.25, 0.3) is 0 Å². The second-order valence-electron chi connectivity index (χ2n) is 38.1. The number of thioether (sulfide) groups is 1. The Morgan fingerprint density at radius 3 is 1.37 bits per heavy atom. The van der Waals surface area contributed by atoms with Crippen molar-refractivity contribution in [2.75, 3.05) is 76.7 Å². The third-order valence-corrected chi connectivity index (χ3v) is 25.8. The van der Waals surface area contributed by atoms with E-state index in [4.69, 9.17) is 22.6 Å². The number of carbonyl (C=O) groups is 23. The number of nitrogens with two attached hydrogens (primary N) is 3. The molecule has 5 rings (SSSR count). The van der Waals surface area contributed by atoms with Gasteiger partial charge in [0.1, 0.15) is 108 Å². The van der Waals surface area contributed by atoms with Crippen LogP contribution in [-0.4, -0.2) is 379 Å². The number of aromatic hydroxyl groups is 1. The van der Waals surface area contributed by atoms with Crippen LogP contribution in [0.4, 0.5) is 0 Å². The fourth-order valence-electron chi connectivity index (χ4n) is 16.7. The van der Waals surface area contributed by atoms with E-state index in [0.717, 1.165) is 13.8 Å². The highest BCUT2D eigenvalue weighted by Crippen LogP contribution is 2.29. The van der Waals surface area contributed by atoms with Gasteiger partial charge in [0, 0.05) is 51.3 Å². The first-order valence-electron chi connectivity index (χ1n) is 48.9. The number of nitrogens with one attached hydrogen (secondary N) is 18. The number of amides is 21. The van der Waals surface area contributed by atoms with E-state index >= 15 is 0 Å². The summed E-state index contributed by atoms with van der Waals surface area (Å²) in [6.07, 6.45) is 0.881. The molecule has 21 amide bonds. The van der Waals surface area contributed by atoms with E-state index in [1.807, 2.05) is 6.26 Å². The average molecular weight is 2120 g/mol. The van der Waals surface area contributed by atoms with Crippen molar-refractivity contribution in [1.29, 1.82) is 5.41 Å². The largest absolute Gasteiger partial charge is 0.508 e. The molecule has 0 bridgehead atoms. The molecule has 29 N–H and O–H groups in total. The highest BCUT2D eigenvalue weighted by atomic mass is 32.2. The Hall–Kier alpha value is -13.3. The Morgan fingerprint density at radius 1 is 0.442 bits per heavy atom. The van der Waals surface area contributed by atoms with E-state index in [1.54, 1.807) is 13.8 Å². The van der Waals surface area contributed by atoms with Crippen molar-refractivity contribution >= 4 is 166 Å². The molecule has 147 heavy (non-hydrogen) atoms. The lowest BCUT2D eigenvalue weighted by Gasteiger charge is -2.33. The molecule has 0 saturated carbocycles. The topological polar surface area (TPSA) is 813 Å². The predicted molar refractivity (Wildman–Crippen MR) is 531 cm³/mol. The van der Waals surface area contributed by atoms with Crippen LogP contribution in [0.1, 0.15) is 178 Å². The van der Waals surface area contributed by atoms with Crippen LogP contribution in [0.25, 0.3) is 0 Å². The number of aliphatic hydroxyl groups is 2. The summed E-state index contributed by atoms with van der Waals surface area (Å²) in [5, 5.41) is 99.2. The lowest BCUT2D eigenvalue weighted by atomic mass is 9.99. The summed E-state index contributed by atoms with van der Waals surface area (Å²) >= 11 is 5.74. The summed E-state index contributed by atoms with van der Waals surface area (Å²) in [4.78, 5) is 319. The van der Waals surface area contributed by atoms with E-state index in [2.05, 4.69) is 103 Å². The number of aliphatic carboxylic acids is 2. The summed E-state index contributed by atoms with van der Waals surface area (Å²) in [5.74, 6) is -25.3. The van der Waals surface area contributed by atoms with Gasteiger partial charge in [-0.05, 0) is 158 Å². The number of hydrogen-bond donors (Lipinski definition) is 27. The number of phenols is 1. The third-order valence-electron chi connectivity index (χ3n) is 24.8. The molecule has 0 aliphatic carbocycles. The van der Waals surface area contributed by atoms with Crippen LogP contribution < -0.4 is 108 Å². The highest BCUT2D eigenvalue weighted by Gasteiger charge is 2.48. The summed E-state index contributed by atoms with van der Waals surface area (Å²) < 4.78 is 0.